The molecule has 38 heavy (non-hydrogen) atoms. The van der Waals surface area contributed by atoms with Gasteiger partial charge in [-0.25, -0.2) is 9.97 Å². The summed E-state index contributed by atoms with van der Waals surface area (Å²) in [5.74, 6) is 0.646. The van der Waals surface area contributed by atoms with Gasteiger partial charge in [0.25, 0.3) is 0 Å². The van der Waals surface area contributed by atoms with E-state index in [1.54, 1.807) is 12.4 Å². The van der Waals surface area contributed by atoms with Crippen molar-refractivity contribution in [3.63, 3.8) is 0 Å². The summed E-state index contributed by atoms with van der Waals surface area (Å²) in [5, 5.41) is 10.6. The van der Waals surface area contributed by atoms with Crippen LogP contribution in [0.25, 0.3) is 44.8 Å². The third-order valence-corrected chi connectivity index (χ3v) is 6.83. The number of carbonyl (C=O) groups is 1. The third-order valence-electron chi connectivity index (χ3n) is 6.83. The number of H-pyrrole nitrogens is 2. The zero-order chi connectivity index (χ0) is 26.3. The normalized spacial score (nSPS) is 14.3. The van der Waals surface area contributed by atoms with Gasteiger partial charge in [0.1, 0.15) is 11.0 Å². The molecular weight excluding hydrogens is 476 g/mol. The van der Waals surface area contributed by atoms with Crippen LogP contribution in [-0.4, -0.2) is 49.1 Å². The Labute approximate surface area is 221 Å². The van der Waals surface area contributed by atoms with Crippen molar-refractivity contribution in [3.8, 4) is 22.8 Å². The fraction of sp³-hybridized carbons (Fsp3) is 0.345. The largest absolute Gasteiger partial charge is 0.370 e. The maximum atomic E-state index is 12.4. The Balaban J connectivity index is 1.33. The molecule has 1 aliphatic heterocycles. The number of imidazole rings is 1. The second kappa shape index (κ2) is 9.55. The SMILES string of the molecule is CC(C)(C)CC(=O)Nc1cncc(-c2ccc3[nH]nc(-c4nc5c(N6CCCCC6)cccc5[nH]4)c3n2)c1. The summed E-state index contributed by atoms with van der Waals surface area (Å²) in [4.78, 5) is 32.6. The highest BCUT2D eigenvalue weighted by Crippen LogP contribution is 2.32. The Morgan fingerprint density at radius 2 is 1.84 bits per heavy atom. The fourth-order valence-corrected chi connectivity index (χ4v) is 5.08. The van der Waals surface area contributed by atoms with Gasteiger partial charge in [-0.1, -0.05) is 26.8 Å². The van der Waals surface area contributed by atoms with E-state index in [9.17, 15) is 4.79 Å². The number of aromatic nitrogens is 6. The first-order valence-electron chi connectivity index (χ1n) is 13.2. The number of fused-ring (bicyclic) bond motifs is 2. The minimum atomic E-state index is -0.0927. The number of anilines is 2. The lowest BCUT2D eigenvalue weighted by molar-refractivity contribution is -0.117. The number of amides is 1. The highest BCUT2D eigenvalue weighted by atomic mass is 16.1. The Kier molecular flexibility index (Phi) is 6.06. The van der Waals surface area contributed by atoms with Crippen molar-refractivity contribution < 1.29 is 4.79 Å². The van der Waals surface area contributed by atoms with E-state index in [0.29, 0.717) is 23.6 Å². The van der Waals surface area contributed by atoms with Gasteiger partial charge >= 0.3 is 0 Å². The van der Waals surface area contributed by atoms with Crippen molar-refractivity contribution >= 4 is 39.3 Å². The van der Waals surface area contributed by atoms with Crippen molar-refractivity contribution in [2.24, 2.45) is 5.41 Å². The third kappa shape index (κ3) is 4.83. The number of hydrogen-bond acceptors (Lipinski definition) is 6. The van der Waals surface area contributed by atoms with Crippen LogP contribution in [0.3, 0.4) is 0 Å². The summed E-state index contributed by atoms with van der Waals surface area (Å²) in [5.41, 5.74) is 7.43. The number of nitrogens with one attached hydrogen (secondary N) is 3. The van der Waals surface area contributed by atoms with Crippen LogP contribution in [0, 0.1) is 5.41 Å². The van der Waals surface area contributed by atoms with Crippen molar-refractivity contribution in [1.82, 2.24) is 30.1 Å². The summed E-state index contributed by atoms with van der Waals surface area (Å²) < 4.78 is 0. The Morgan fingerprint density at radius 1 is 1.00 bits per heavy atom. The average Bonchev–Trinajstić information content (AvgIpc) is 3.51. The van der Waals surface area contributed by atoms with Crippen LogP contribution in [0.1, 0.15) is 46.5 Å². The first-order valence-corrected chi connectivity index (χ1v) is 13.2. The molecule has 0 radical (unpaired) electrons. The van der Waals surface area contributed by atoms with E-state index in [-0.39, 0.29) is 11.3 Å². The predicted molar refractivity (Wildman–Crippen MR) is 151 cm³/mol. The number of para-hydroxylation sites is 1. The predicted octanol–water partition coefficient (Wildman–Crippen LogP) is 5.93. The molecule has 0 aliphatic carbocycles. The molecule has 194 valence electrons. The van der Waals surface area contributed by atoms with E-state index in [0.717, 1.165) is 52.1 Å². The quantitative estimate of drug-likeness (QED) is 0.271. The van der Waals surface area contributed by atoms with Gasteiger partial charge in [-0.05, 0) is 55.0 Å². The van der Waals surface area contributed by atoms with Gasteiger partial charge in [0.05, 0.1) is 34.3 Å². The first kappa shape index (κ1) is 24.1. The van der Waals surface area contributed by atoms with E-state index in [2.05, 4.69) is 48.6 Å². The van der Waals surface area contributed by atoms with E-state index in [1.165, 1.54) is 19.3 Å². The van der Waals surface area contributed by atoms with Gasteiger partial charge in [-0.2, -0.15) is 5.10 Å². The number of rotatable bonds is 5. The van der Waals surface area contributed by atoms with Gasteiger partial charge in [-0.15, -0.1) is 0 Å². The van der Waals surface area contributed by atoms with E-state index < -0.39 is 0 Å². The zero-order valence-electron chi connectivity index (χ0n) is 22.0. The summed E-state index contributed by atoms with van der Waals surface area (Å²) in [6.07, 6.45) is 7.53. The van der Waals surface area contributed by atoms with Crippen LogP contribution >= 0.6 is 0 Å². The molecular formula is C29H32N8O. The molecule has 1 fully saturated rings. The molecule has 9 heteroatoms. The molecule has 0 spiro atoms. The summed E-state index contributed by atoms with van der Waals surface area (Å²) >= 11 is 0. The van der Waals surface area contributed by atoms with Crippen molar-refractivity contribution in [3.05, 3.63) is 48.8 Å². The molecule has 5 heterocycles. The number of piperidine rings is 1. The fourth-order valence-electron chi connectivity index (χ4n) is 5.08. The summed E-state index contributed by atoms with van der Waals surface area (Å²) in [7, 11) is 0. The molecule has 1 aromatic carbocycles. The minimum absolute atomic E-state index is 0.0363. The minimum Gasteiger partial charge on any atom is -0.370 e. The molecule has 0 saturated carbocycles. The monoisotopic (exact) mass is 508 g/mol. The van der Waals surface area contributed by atoms with Gasteiger partial charge in [-0.3, -0.25) is 14.9 Å². The Morgan fingerprint density at radius 3 is 2.66 bits per heavy atom. The number of nitrogens with zero attached hydrogens (tertiary/aromatic N) is 5. The average molecular weight is 509 g/mol. The lowest BCUT2D eigenvalue weighted by Crippen LogP contribution is -2.29. The lowest BCUT2D eigenvalue weighted by Gasteiger charge is -2.28. The maximum Gasteiger partial charge on any atom is 0.224 e. The lowest BCUT2D eigenvalue weighted by atomic mass is 9.92. The second-order valence-electron chi connectivity index (χ2n) is 11.2. The second-order valence-corrected chi connectivity index (χ2v) is 11.2. The summed E-state index contributed by atoms with van der Waals surface area (Å²) in [6, 6.07) is 12.1. The number of benzene rings is 1. The molecule has 0 atom stereocenters. The number of carbonyl (C=O) groups excluding carboxylic acids is 1. The molecule has 3 N–H and O–H groups in total. The van der Waals surface area contributed by atoms with Gasteiger partial charge < -0.3 is 15.2 Å². The van der Waals surface area contributed by atoms with Crippen LogP contribution in [-0.2, 0) is 4.79 Å². The van der Waals surface area contributed by atoms with E-state index >= 15 is 0 Å². The maximum absolute atomic E-state index is 12.4. The van der Waals surface area contributed by atoms with Gasteiger partial charge in [0.2, 0.25) is 5.91 Å². The Hall–Kier alpha value is -4.27. The van der Waals surface area contributed by atoms with Gasteiger partial charge in [0.15, 0.2) is 11.5 Å². The van der Waals surface area contributed by atoms with Crippen molar-refractivity contribution in [2.45, 2.75) is 46.5 Å². The molecule has 1 aliphatic rings. The van der Waals surface area contributed by atoms with Gasteiger partial charge in [0, 0.05) is 31.3 Å². The highest BCUT2D eigenvalue weighted by molar-refractivity contribution is 5.95. The zero-order valence-corrected chi connectivity index (χ0v) is 22.0. The highest BCUT2D eigenvalue weighted by Gasteiger charge is 2.20. The molecule has 9 nitrogen and oxygen atoms in total. The molecule has 0 unspecified atom stereocenters. The molecule has 4 aromatic heterocycles. The number of pyridine rings is 2. The molecule has 6 rings (SSSR count). The van der Waals surface area contributed by atoms with Crippen molar-refractivity contribution in [1.29, 1.82) is 0 Å². The molecule has 0 bridgehead atoms. The van der Waals surface area contributed by atoms with E-state index in [1.807, 2.05) is 39.0 Å². The van der Waals surface area contributed by atoms with E-state index in [4.69, 9.17) is 9.97 Å². The van der Waals surface area contributed by atoms with Crippen LogP contribution < -0.4 is 10.2 Å². The topological polar surface area (TPSA) is 115 Å². The first-order chi connectivity index (χ1) is 18.3. The number of aromatic amines is 2. The van der Waals surface area contributed by atoms with Crippen molar-refractivity contribution in [2.75, 3.05) is 23.3 Å². The number of hydrogen-bond donors (Lipinski definition) is 3. The summed E-state index contributed by atoms with van der Waals surface area (Å²) in [6.45, 7) is 8.24. The smallest absolute Gasteiger partial charge is 0.224 e. The molecule has 1 saturated heterocycles. The molecule has 1 amide bonds. The standard InChI is InChI=1S/C29H32N8O/c1-29(2,3)15-24(38)31-19-14-18(16-30-17-19)20-10-11-22-26(32-20)27(36-35-22)28-33-21-8-7-9-23(25(21)34-28)37-12-5-4-6-13-37/h7-11,14,16-17H,4-6,12-13,15H2,1-3H3,(H,31,38)(H,33,34)(H,35,36). The van der Waals surface area contributed by atoms with Crippen LogP contribution in [0.15, 0.2) is 48.8 Å². The van der Waals surface area contributed by atoms with Crippen LogP contribution in [0.2, 0.25) is 0 Å². The van der Waals surface area contributed by atoms with Crippen LogP contribution in [0.4, 0.5) is 11.4 Å². The van der Waals surface area contributed by atoms with Crippen LogP contribution in [0.5, 0.6) is 0 Å². The molecule has 5 aromatic rings. The Bertz CT molecular complexity index is 1620.